The third-order valence-corrected chi connectivity index (χ3v) is 2.71. The number of anilines is 1. The molecule has 0 heterocycles. The fraction of sp³-hybridized carbons (Fsp3) is 0.364. The number of nitriles is 1. The van der Waals surface area contributed by atoms with Crippen LogP contribution in [-0.2, 0) is 0 Å². The van der Waals surface area contributed by atoms with Gasteiger partial charge in [-0.1, -0.05) is 0 Å². The molecule has 0 unspecified atom stereocenters. The minimum atomic E-state index is -0.336. The Morgan fingerprint density at radius 1 is 1.53 bits per heavy atom. The van der Waals surface area contributed by atoms with Gasteiger partial charge in [-0.05, 0) is 24.5 Å². The van der Waals surface area contributed by atoms with Gasteiger partial charge in [-0.15, -0.1) is 0 Å². The van der Waals surface area contributed by atoms with Gasteiger partial charge in [-0.25, -0.2) is 4.39 Å². The number of thioether (sulfide) groups is 1. The highest BCUT2D eigenvalue weighted by Gasteiger charge is 2.07. The van der Waals surface area contributed by atoms with Crippen molar-refractivity contribution >= 4 is 17.4 Å². The zero-order chi connectivity index (χ0) is 11.3. The maximum absolute atomic E-state index is 13.5. The number of hydrogen-bond donors (Lipinski definition) is 0. The molecule has 80 valence electrons. The minimum absolute atomic E-state index is 0.336. The van der Waals surface area contributed by atoms with Gasteiger partial charge in [0.15, 0.2) is 0 Å². The van der Waals surface area contributed by atoms with Gasteiger partial charge in [0.25, 0.3) is 0 Å². The van der Waals surface area contributed by atoms with Crippen molar-refractivity contribution in [2.75, 3.05) is 30.5 Å². The van der Waals surface area contributed by atoms with Crippen molar-refractivity contribution in [3.8, 4) is 6.07 Å². The molecule has 0 aliphatic heterocycles. The molecule has 1 rings (SSSR count). The van der Waals surface area contributed by atoms with E-state index in [4.69, 9.17) is 5.26 Å². The Kier molecular flexibility index (Phi) is 4.44. The van der Waals surface area contributed by atoms with Crippen molar-refractivity contribution in [2.24, 2.45) is 0 Å². The smallest absolute Gasteiger partial charge is 0.147 e. The van der Waals surface area contributed by atoms with Gasteiger partial charge < -0.3 is 4.90 Å². The Labute approximate surface area is 93.7 Å². The van der Waals surface area contributed by atoms with Crippen LogP contribution in [0.1, 0.15) is 5.56 Å². The molecule has 0 aliphatic rings. The average Bonchev–Trinajstić information content (AvgIpc) is 2.25. The lowest BCUT2D eigenvalue weighted by molar-refractivity contribution is 0.623. The number of halogens is 1. The summed E-state index contributed by atoms with van der Waals surface area (Å²) in [5, 5.41) is 8.60. The highest BCUT2D eigenvalue weighted by Crippen LogP contribution is 2.19. The Hall–Kier alpha value is -1.21. The second kappa shape index (κ2) is 5.62. The summed E-state index contributed by atoms with van der Waals surface area (Å²) in [7, 11) is 1.85. The molecule has 0 saturated carbocycles. The van der Waals surface area contributed by atoms with E-state index in [1.165, 1.54) is 6.07 Å². The molecule has 0 aliphatic carbocycles. The average molecular weight is 224 g/mol. The Morgan fingerprint density at radius 3 is 2.80 bits per heavy atom. The van der Waals surface area contributed by atoms with Crippen molar-refractivity contribution in [1.29, 1.82) is 5.26 Å². The van der Waals surface area contributed by atoms with Crippen LogP contribution in [0, 0.1) is 17.1 Å². The van der Waals surface area contributed by atoms with Crippen molar-refractivity contribution < 1.29 is 4.39 Å². The van der Waals surface area contributed by atoms with Crippen molar-refractivity contribution in [1.82, 2.24) is 0 Å². The highest BCUT2D eigenvalue weighted by atomic mass is 32.2. The Balaban J connectivity index is 2.82. The summed E-state index contributed by atoms with van der Waals surface area (Å²) >= 11 is 1.72. The number of benzene rings is 1. The van der Waals surface area contributed by atoms with E-state index in [9.17, 15) is 4.39 Å². The quantitative estimate of drug-likeness (QED) is 0.786. The number of hydrogen-bond acceptors (Lipinski definition) is 3. The van der Waals surface area contributed by atoms with Gasteiger partial charge in [0.05, 0.1) is 17.3 Å². The van der Waals surface area contributed by atoms with Gasteiger partial charge in [0, 0.05) is 19.3 Å². The lowest BCUT2D eigenvalue weighted by atomic mass is 10.2. The van der Waals surface area contributed by atoms with E-state index in [0.717, 1.165) is 12.3 Å². The number of rotatable bonds is 4. The molecule has 0 bridgehead atoms. The standard InChI is InChI=1S/C11H13FN2S/c1-14(5-6-15-2)11-4-3-9(8-13)7-10(11)12/h3-4,7H,5-6H2,1-2H3. The molecule has 0 N–H and O–H groups in total. The highest BCUT2D eigenvalue weighted by molar-refractivity contribution is 7.98. The van der Waals surface area contributed by atoms with Crippen molar-refractivity contribution in [2.45, 2.75) is 0 Å². The summed E-state index contributed by atoms with van der Waals surface area (Å²) in [6, 6.07) is 6.46. The molecule has 0 radical (unpaired) electrons. The molecule has 15 heavy (non-hydrogen) atoms. The van der Waals surface area contributed by atoms with Crippen molar-refractivity contribution in [3.63, 3.8) is 0 Å². The first-order chi connectivity index (χ1) is 7.19. The maximum atomic E-state index is 13.5. The summed E-state index contributed by atoms with van der Waals surface area (Å²) < 4.78 is 13.5. The largest absolute Gasteiger partial charge is 0.371 e. The van der Waals surface area contributed by atoms with Crippen LogP contribution in [0.3, 0.4) is 0 Å². The van der Waals surface area contributed by atoms with Crippen LogP contribution in [0.4, 0.5) is 10.1 Å². The zero-order valence-electron chi connectivity index (χ0n) is 8.83. The van der Waals surface area contributed by atoms with Gasteiger partial charge in [0.2, 0.25) is 0 Å². The topological polar surface area (TPSA) is 27.0 Å². The molecule has 0 aromatic heterocycles. The van der Waals surface area contributed by atoms with Crippen LogP contribution in [-0.4, -0.2) is 25.6 Å². The third-order valence-electron chi connectivity index (χ3n) is 2.12. The second-order valence-corrected chi connectivity index (χ2v) is 4.18. The first-order valence-electron chi connectivity index (χ1n) is 4.58. The van der Waals surface area contributed by atoms with Crippen LogP contribution in [0.25, 0.3) is 0 Å². The summed E-state index contributed by atoms with van der Waals surface area (Å²) in [6.45, 7) is 0.796. The molecule has 0 amide bonds. The van der Waals surface area contributed by atoms with Crippen LogP contribution in [0.15, 0.2) is 18.2 Å². The van der Waals surface area contributed by atoms with Crippen LogP contribution >= 0.6 is 11.8 Å². The van der Waals surface area contributed by atoms with Crippen LogP contribution < -0.4 is 4.90 Å². The van der Waals surface area contributed by atoms with E-state index >= 15 is 0 Å². The maximum Gasteiger partial charge on any atom is 0.147 e. The lowest BCUT2D eigenvalue weighted by Crippen LogP contribution is -2.21. The minimum Gasteiger partial charge on any atom is -0.371 e. The number of nitrogens with zero attached hydrogens (tertiary/aromatic N) is 2. The Morgan fingerprint density at radius 2 is 2.27 bits per heavy atom. The van der Waals surface area contributed by atoms with Crippen LogP contribution in [0.2, 0.25) is 0 Å². The second-order valence-electron chi connectivity index (χ2n) is 3.19. The first-order valence-corrected chi connectivity index (χ1v) is 5.98. The molecule has 0 spiro atoms. The first kappa shape index (κ1) is 11.9. The molecule has 0 atom stereocenters. The van der Waals surface area contributed by atoms with Gasteiger partial charge in [-0.3, -0.25) is 0 Å². The summed E-state index contributed by atoms with van der Waals surface area (Å²) in [5.74, 6) is 0.619. The Bertz CT molecular complexity index is 373. The monoisotopic (exact) mass is 224 g/mol. The van der Waals surface area contributed by atoms with Gasteiger partial charge in [-0.2, -0.15) is 17.0 Å². The van der Waals surface area contributed by atoms with E-state index in [2.05, 4.69) is 0 Å². The van der Waals surface area contributed by atoms with E-state index in [1.54, 1.807) is 23.9 Å². The zero-order valence-corrected chi connectivity index (χ0v) is 9.64. The third kappa shape index (κ3) is 3.14. The van der Waals surface area contributed by atoms with E-state index < -0.39 is 0 Å². The predicted molar refractivity (Wildman–Crippen MR) is 62.8 cm³/mol. The fourth-order valence-corrected chi connectivity index (χ4v) is 1.69. The van der Waals surface area contributed by atoms with E-state index in [-0.39, 0.29) is 5.82 Å². The fourth-order valence-electron chi connectivity index (χ4n) is 1.23. The molecule has 1 aromatic rings. The van der Waals surface area contributed by atoms with E-state index in [1.807, 2.05) is 24.3 Å². The summed E-state index contributed by atoms with van der Waals surface area (Å²) in [4.78, 5) is 1.85. The van der Waals surface area contributed by atoms with Crippen LogP contribution in [0.5, 0.6) is 0 Å². The molecular formula is C11H13FN2S. The SMILES string of the molecule is CSCCN(C)c1ccc(C#N)cc1F. The molecular weight excluding hydrogens is 211 g/mol. The van der Waals surface area contributed by atoms with Gasteiger partial charge >= 0.3 is 0 Å². The lowest BCUT2D eigenvalue weighted by Gasteiger charge is -2.19. The van der Waals surface area contributed by atoms with Gasteiger partial charge in [0.1, 0.15) is 5.82 Å². The molecule has 0 fully saturated rings. The molecule has 4 heteroatoms. The summed E-state index contributed by atoms with van der Waals surface area (Å²) in [5.41, 5.74) is 0.901. The predicted octanol–water partition coefficient (Wildman–Crippen LogP) is 2.50. The summed E-state index contributed by atoms with van der Waals surface area (Å²) in [6.07, 6.45) is 2.02. The molecule has 2 nitrogen and oxygen atoms in total. The van der Waals surface area contributed by atoms with Crippen molar-refractivity contribution in [3.05, 3.63) is 29.6 Å². The molecule has 0 saturated heterocycles. The normalized spacial score (nSPS) is 9.73. The van der Waals surface area contributed by atoms with E-state index in [0.29, 0.717) is 11.3 Å². The molecule has 1 aromatic carbocycles.